The van der Waals surface area contributed by atoms with E-state index in [1.807, 2.05) is 23.3 Å². The third kappa shape index (κ3) is 2.40. The Hall–Kier alpha value is -1.89. The number of aromatic amines is 1. The van der Waals surface area contributed by atoms with Gasteiger partial charge in [-0.15, -0.1) is 11.3 Å². The summed E-state index contributed by atoms with van der Waals surface area (Å²) >= 11 is 1.47. The minimum absolute atomic E-state index is 0.00232. The van der Waals surface area contributed by atoms with Crippen molar-refractivity contribution in [2.75, 3.05) is 18.4 Å². The number of carbonyl (C=O) groups excluding carboxylic acids is 1. The molecule has 106 valence electrons. The summed E-state index contributed by atoms with van der Waals surface area (Å²) < 4.78 is 0. The molecule has 1 atom stereocenters. The smallest absolute Gasteiger partial charge is 0.273 e. The van der Waals surface area contributed by atoms with E-state index in [0.29, 0.717) is 5.69 Å². The number of nitrogens with one attached hydrogen (secondary N) is 2. The lowest BCUT2D eigenvalue weighted by Gasteiger charge is -2.22. The van der Waals surface area contributed by atoms with E-state index < -0.39 is 0 Å². The van der Waals surface area contributed by atoms with E-state index >= 15 is 0 Å². The Morgan fingerprint density at radius 3 is 3.30 bits per heavy atom. The Morgan fingerprint density at radius 1 is 1.65 bits per heavy atom. The van der Waals surface area contributed by atoms with Crippen LogP contribution in [0, 0.1) is 0 Å². The zero-order valence-electron chi connectivity index (χ0n) is 11.3. The summed E-state index contributed by atoms with van der Waals surface area (Å²) in [6.07, 6.45) is 3.71. The van der Waals surface area contributed by atoms with Gasteiger partial charge in [0.15, 0.2) is 5.13 Å². The molecule has 0 radical (unpaired) electrons. The molecule has 0 aromatic carbocycles. The minimum Gasteiger partial charge on any atom is -0.362 e. The SMILES string of the molecule is CCNc1nc(C(=O)N2CCCC2c2ccn[nH]2)cs1. The van der Waals surface area contributed by atoms with Gasteiger partial charge in [0.05, 0.1) is 11.7 Å². The van der Waals surface area contributed by atoms with Crippen LogP contribution in [0.5, 0.6) is 0 Å². The van der Waals surface area contributed by atoms with Gasteiger partial charge < -0.3 is 10.2 Å². The third-order valence-electron chi connectivity index (χ3n) is 3.45. The number of thiazole rings is 1. The monoisotopic (exact) mass is 291 g/mol. The van der Waals surface area contributed by atoms with Crippen LogP contribution >= 0.6 is 11.3 Å². The Kier molecular flexibility index (Phi) is 3.68. The van der Waals surface area contributed by atoms with Crippen molar-refractivity contribution in [3.63, 3.8) is 0 Å². The van der Waals surface area contributed by atoms with Crippen molar-refractivity contribution in [3.8, 4) is 0 Å². The molecule has 0 bridgehead atoms. The maximum absolute atomic E-state index is 12.6. The molecule has 2 aromatic rings. The molecule has 6 nitrogen and oxygen atoms in total. The van der Waals surface area contributed by atoms with Crippen molar-refractivity contribution in [2.24, 2.45) is 0 Å². The zero-order chi connectivity index (χ0) is 13.9. The third-order valence-corrected chi connectivity index (χ3v) is 4.25. The predicted octanol–water partition coefficient (Wildman–Crippen LogP) is 2.28. The van der Waals surface area contributed by atoms with Crippen LogP contribution in [0.4, 0.5) is 5.13 Å². The van der Waals surface area contributed by atoms with Gasteiger partial charge in [0.25, 0.3) is 5.91 Å². The van der Waals surface area contributed by atoms with E-state index in [4.69, 9.17) is 0 Å². The van der Waals surface area contributed by atoms with Gasteiger partial charge in [-0.3, -0.25) is 9.89 Å². The van der Waals surface area contributed by atoms with Gasteiger partial charge >= 0.3 is 0 Å². The number of hydrogen-bond donors (Lipinski definition) is 2. The normalized spacial score (nSPS) is 18.4. The molecule has 20 heavy (non-hydrogen) atoms. The van der Waals surface area contributed by atoms with Gasteiger partial charge in [-0.2, -0.15) is 5.10 Å². The van der Waals surface area contributed by atoms with E-state index in [9.17, 15) is 4.79 Å². The second-order valence-electron chi connectivity index (χ2n) is 4.74. The lowest BCUT2D eigenvalue weighted by Crippen LogP contribution is -2.31. The number of rotatable bonds is 4. The van der Waals surface area contributed by atoms with Gasteiger partial charge in [0.1, 0.15) is 5.69 Å². The second kappa shape index (κ2) is 5.62. The molecule has 3 heterocycles. The van der Waals surface area contributed by atoms with Crippen LogP contribution in [0.1, 0.15) is 42.0 Å². The van der Waals surface area contributed by atoms with Crippen molar-refractivity contribution in [3.05, 3.63) is 29.0 Å². The fourth-order valence-corrected chi connectivity index (χ4v) is 3.29. The summed E-state index contributed by atoms with van der Waals surface area (Å²) in [7, 11) is 0. The average molecular weight is 291 g/mol. The van der Waals surface area contributed by atoms with Crippen molar-refractivity contribution in [2.45, 2.75) is 25.8 Å². The van der Waals surface area contributed by atoms with Crippen LogP contribution < -0.4 is 5.32 Å². The highest BCUT2D eigenvalue weighted by molar-refractivity contribution is 7.13. The Labute approximate surface area is 121 Å². The first-order valence-corrected chi connectivity index (χ1v) is 7.67. The second-order valence-corrected chi connectivity index (χ2v) is 5.59. The van der Waals surface area contributed by atoms with Gasteiger partial charge in [0.2, 0.25) is 0 Å². The highest BCUT2D eigenvalue weighted by atomic mass is 32.1. The molecular weight excluding hydrogens is 274 g/mol. The highest BCUT2D eigenvalue weighted by Gasteiger charge is 2.32. The van der Waals surface area contributed by atoms with Gasteiger partial charge in [0, 0.05) is 24.7 Å². The molecule has 2 aromatic heterocycles. The largest absolute Gasteiger partial charge is 0.362 e. The Balaban J connectivity index is 1.78. The zero-order valence-corrected chi connectivity index (χ0v) is 12.1. The molecule has 0 aliphatic carbocycles. The van der Waals surface area contributed by atoms with Crippen LogP contribution in [0.15, 0.2) is 17.6 Å². The number of carbonyl (C=O) groups is 1. The fraction of sp³-hybridized carbons (Fsp3) is 0.462. The lowest BCUT2D eigenvalue weighted by atomic mass is 10.1. The first-order valence-electron chi connectivity index (χ1n) is 6.79. The number of nitrogens with zero attached hydrogens (tertiary/aromatic N) is 3. The van der Waals surface area contributed by atoms with Crippen LogP contribution in [-0.2, 0) is 0 Å². The van der Waals surface area contributed by atoms with E-state index in [-0.39, 0.29) is 11.9 Å². The maximum atomic E-state index is 12.6. The molecule has 2 N–H and O–H groups in total. The molecule has 1 unspecified atom stereocenters. The quantitative estimate of drug-likeness (QED) is 0.906. The summed E-state index contributed by atoms with van der Waals surface area (Å²) in [5, 5.41) is 12.7. The molecule has 1 fully saturated rings. The van der Waals surface area contributed by atoms with Crippen molar-refractivity contribution < 1.29 is 4.79 Å². The van der Waals surface area contributed by atoms with E-state index in [0.717, 1.165) is 36.8 Å². The average Bonchev–Trinajstić information content (AvgIpc) is 3.19. The van der Waals surface area contributed by atoms with Crippen molar-refractivity contribution in [1.29, 1.82) is 0 Å². The number of aromatic nitrogens is 3. The molecular formula is C13H17N5OS. The summed E-state index contributed by atoms with van der Waals surface area (Å²) in [6, 6.07) is 2.02. The molecule has 1 aliphatic heterocycles. The number of H-pyrrole nitrogens is 1. The molecule has 3 rings (SSSR count). The molecule has 1 saturated heterocycles. The summed E-state index contributed by atoms with van der Waals surface area (Å²) in [4.78, 5) is 18.8. The Bertz CT molecular complexity index is 579. The summed E-state index contributed by atoms with van der Waals surface area (Å²) in [6.45, 7) is 3.59. The molecule has 1 aliphatic rings. The number of hydrogen-bond acceptors (Lipinski definition) is 5. The number of likely N-dealkylation sites (tertiary alicyclic amines) is 1. The van der Waals surface area contributed by atoms with Crippen LogP contribution in [0.25, 0.3) is 0 Å². The van der Waals surface area contributed by atoms with E-state index in [1.165, 1.54) is 11.3 Å². The van der Waals surface area contributed by atoms with Gasteiger partial charge in [-0.25, -0.2) is 4.98 Å². The lowest BCUT2D eigenvalue weighted by molar-refractivity contribution is 0.0728. The summed E-state index contributed by atoms with van der Waals surface area (Å²) in [5.74, 6) is 0.00232. The highest BCUT2D eigenvalue weighted by Crippen LogP contribution is 2.32. The van der Waals surface area contributed by atoms with E-state index in [2.05, 4.69) is 20.5 Å². The fourth-order valence-electron chi connectivity index (χ4n) is 2.54. The van der Waals surface area contributed by atoms with Crippen LogP contribution in [0.3, 0.4) is 0 Å². The topological polar surface area (TPSA) is 73.9 Å². The predicted molar refractivity (Wildman–Crippen MR) is 77.9 cm³/mol. The first-order chi connectivity index (χ1) is 9.79. The van der Waals surface area contributed by atoms with Crippen molar-refractivity contribution >= 4 is 22.4 Å². The molecule has 0 spiro atoms. The standard InChI is InChI=1S/C13H17N5OS/c1-2-14-13-16-10(8-20-13)12(19)18-7-3-4-11(18)9-5-6-15-17-9/h5-6,8,11H,2-4,7H2,1H3,(H,14,16)(H,15,17). The van der Waals surface area contributed by atoms with Gasteiger partial charge in [-0.05, 0) is 25.8 Å². The maximum Gasteiger partial charge on any atom is 0.273 e. The minimum atomic E-state index is 0.00232. The van der Waals surface area contributed by atoms with E-state index in [1.54, 1.807) is 6.20 Å². The Morgan fingerprint density at radius 2 is 2.55 bits per heavy atom. The first kappa shape index (κ1) is 13.1. The molecule has 7 heteroatoms. The summed E-state index contributed by atoms with van der Waals surface area (Å²) in [5.41, 5.74) is 1.52. The van der Waals surface area contributed by atoms with Crippen LogP contribution in [0.2, 0.25) is 0 Å². The number of amides is 1. The van der Waals surface area contributed by atoms with Crippen molar-refractivity contribution in [1.82, 2.24) is 20.1 Å². The number of anilines is 1. The van der Waals surface area contributed by atoms with Gasteiger partial charge in [-0.1, -0.05) is 0 Å². The molecule has 0 saturated carbocycles. The van der Waals surface area contributed by atoms with Crippen LogP contribution in [-0.4, -0.2) is 39.1 Å². The molecule has 1 amide bonds.